The lowest BCUT2D eigenvalue weighted by Gasteiger charge is -2.36. The molecule has 3 aliphatic rings. The number of imidazole rings is 1. The lowest BCUT2D eigenvalue weighted by atomic mass is 10.0. The van der Waals surface area contributed by atoms with Gasteiger partial charge < -0.3 is 9.67 Å². The number of carbonyl (C=O) groups excluding carboxylic acids is 1. The molecule has 0 aliphatic carbocycles. The first-order valence-electron chi connectivity index (χ1n) is 7.35. The Kier molecular flexibility index (Phi) is 3.11. The van der Waals surface area contributed by atoms with Gasteiger partial charge in [0.2, 0.25) is 0 Å². The van der Waals surface area contributed by atoms with E-state index in [1.54, 1.807) is 6.08 Å². The van der Waals surface area contributed by atoms with Gasteiger partial charge >= 0.3 is 5.97 Å². The highest BCUT2D eigenvalue weighted by atomic mass is 32.2. The number of β-lactam (4-membered cyclic amide) rings is 1. The third kappa shape index (κ3) is 1.99. The standard InChI is InChI=1S/C15H15N3O3S/c19-13-10(14-18(13)11(8-22-14)15(20)21)6-9-7-17-5-3-1-2-4-12(17)16-9/h6-8,14H,1-5H2,(H,20,21)/b10-6-. The van der Waals surface area contributed by atoms with Gasteiger partial charge in [-0.3, -0.25) is 9.69 Å². The number of carbonyl (C=O) groups is 2. The smallest absolute Gasteiger partial charge is 0.353 e. The quantitative estimate of drug-likeness (QED) is 0.665. The monoisotopic (exact) mass is 317 g/mol. The number of aliphatic carboxylic acids is 1. The van der Waals surface area contributed by atoms with Crippen molar-refractivity contribution in [1.82, 2.24) is 14.5 Å². The molecule has 3 aliphatic heterocycles. The molecule has 0 saturated carbocycles. The van der Waals surface area contributed by atoms with Gasteiger partial charge in [0.1, 0.15) is 16.9 Å². The molecule has 0 bridgehead atoms. The summed E-state index contributed by atoms with van der Waals surface area (Å²) in [6, 6.07) is 0. The Bertz CT molecular complexity index is 711. The van der Waals surface area contributed by atoms with Crippen LogP contribution >= 0.6 is 11.8 Å². The highest BCUT2D eigenvalue weighted by Gasteiger charge is 2.49. The average Bonchev–Trinajstić information content (AvgIpc) is 3.00. The summed E-state index contributed by atoms with van der Waals surface area (Å²) in [5.74, 6) is -0.209. The van der Waals surface area contributed by atoms with Gasteiger partial charge in [-0.05, 0) is 18.9 Å². The summed E-state index contributed by atoms with van der Waals surface area (Å²) in [7, 11) is 0. The Balaban J connectivity index is 1.58. The minimum atomic E-state index is -1.06. The van der Waals surface area contributed by atoms with Crippen LogP contribution in [0.3, 0.4) is 0 Å². The van der Waals surface area contributed by atoms with Crippen LogP contribution in [0.1, 0.15) is 30.8 Å². The zero-order valence-electron chi connectivity index (χ0n) is 11.9. The molecule has 1 atom stereocenters. The van der Waals surface area contributed by atoms with E-state index in [0.29, 0.717) is 5.57 Å². The summed E-state index contributed by atoms with van der Waals surface area (Å²) in [6.45, 7) is 0.981. The molecule has 1 saturated heterocycles. The Morgan fingerprint density at radius 3 is 3.09 bits per heavy atom. The number of thioether (sulfide) groups is 1. The van der Waals surface area contributed by atoms with Gasteiger partial charge in [-0.15, -0.1) is 11.8 Å². The number of amides is 1. The molecule has 0 spiro atoms. The first-order chi connectivity index (χ1) is 10.6. The molecular formula is C15H15N3O3S. The minimum Gasteiger partial charge on any atom is -0.477 e. The summed E-state index contributed by atoms with van der Waals surface area (Å²) in [6.07, 6.45) is 8.33. The summed E-state index contributed by atoms with van der Waals surface area (Å²) in [4.78, 5) is 29.2. The maximum atomic E-state index is 12.2. The van der Waals surface area contributed by atoms with Crippen LogP contribution in [0.2, 0.25) is 0 Å². The molecule has 114 valence electrons. The van der Waals surface area contributed by atoms with Crippen molar-refractivity contribution < 1.29 is 14.7 Å². The zero-order chi connectivity index (χ0) is 15.3. The number of fused-ring (bicyclic) bond motifs is 2. The highest BCUT2D eigenvalue weighted by molar-refractivity contribution is 8.03. The normalized spacial score (nSPS) is 25.4. The second kappa shape index (κ2) is 5.01. The van der Waals surface area contributed by atoms with E-state index in [1.165, 1.54) is 28.5 Å². The lowest BCUT2D eigenvalue weighted by Crippen LogP contribution is -2.51. The molecule has 4 rings (SSSR count). The average molecular weight is 317 g/mol. The van der Waals surface area contributed by atoms with Crippen LogP contribution in [0.15, 0.2) is 22.9 Å². The van der Waals surface area contributed by atoms with Gasteiger partial charge in [-0.25, -0.2) is 9.78 Å². The van der Waals surface area contributed by atoms with Gasteiger partial charge in [0.25, 0.3) is 5.91 Å². The van der Waals surface area contributed by atoms with E-state index >= 15 is 0 Å². The molecule has 1 aromatic rings. The van der Waals surface area contributed by atoms with Crippen molar-refractivity contribution in [3.05, 3.63) is 34.4 Å². The number of aryl methyl sites for hydroxylation is 2. The van der Waals surface area contributed by atoms with Crippen LogP contribution in [-0.4, -0.2) is 36.8 Å². The summed E-state index contributed by atoms with van der Waals surface area (Å²) in [5, 5.41) is 10.4. The number of hydrogen-bond acceptors (Lipinski definition) is 4. The molecule has 1 N–H and O–H groups in total. The SMILES string of the molecule is O=C(O)C1=CSC2/C(=C\c3cn4c(n3)CCCCC4)C(=O)N12. The van der Waals surface area contributed by atoms with Crippen LogP contribution in [0.4, 0.5) is 0 Å². The van der Waals surface area contributed by atoms with E-state index in [9.17, 15) is 9.59 Å². The second-order valence-electron chi connectivity index (χ2n) is 5.66. The molecule has 1 unspecified atom stereocenters. The summed E-state index contributed by atoms with van der Waals surface area (Å²) in [5.41, 5.74) is 1.49. The third-order valence-electron chi connectivity index (χ3n) is 4.23. The fourth-order valence-electron chi connectivity index (χ4n) is 3.11. The highest BCUT2D eigenvalue weighted by Crippen LogP contribution is 2.45. The molecule has 0 radical (unpaired) electrons. The van der Waals surface area contributed by atoms with Crippen molar-refractivity contribution in [3.8, 4) is 0 Å². The Morgan fingerprint density at radius 2 is 2.27 bits per heavy atom. The number of nitrogens with zero attached hydrogens (tertiary/aromatic N) is 3. The maximum Gasteiger partial charge on any atom is 0.353 e. The lowest BCUT2D eigenvalue weighted by molar-refractivity contribution is -0.141. The summed E-state index contributed by atoms with van der Waals surface area (Å²) < 4.78 is 2.17. The largest absolute Gasteiger partial charge is 0.477 e. The molecule has 6 nitrogen and oxygen atoms in total. The fraction of sp³-hybridized carbons (Fsp3) is 0.400. The molecule has 7 heteroatoms. The van der Waals surface area contributed by atoms with Gasteiger partial charge in [-0.2, -0.15) is 0 Å². The topological polar surface area (TPSA) is 75.4 Å². The fourth-order valence-corrected chi connectivity index (χ4v) is 4.23. The number of aromatic nitrogens is 2. The van der Waals surface area contributed by atoms with Gasteiger partial charge in [-0.1, -0.05) is 6.42 Å². The van der Waals surface area contributed by atoms with E-state index in [2.05, 4.69) is 9.55 Å². The van der Waals surface area contributed by atoms with Crippen LogP contribution in [-0.2, 0) is 22.6 Å². The number of carboxylic acids is 1. The molecular weight excluding hydrogens is 302 g/mol. The molecule has 0 aromatic carbocycles. The number of rotatable bonds is 2. The second-order valence-corrected chi connectivity index (χ2v) is 6.61. The number of carboxylic acid groups (broad SMARTS) is 1. The number of hydrogen-bond donors (Lipinski definition) is 1. The van der Waals surface area contributed by atoms with E-state index in [-0.39, 0.29) is 17.0 Å². The molecule has 1 aromatic heterocycles. The van der Waals surface area contributed by atoms with Crippen molar-refractivity contribution in [2.45, 2.75) is 37.6 Å². The molecule has 1 fully saturated rings. The maximum absolute atomic E-state index is 12.2. The van der Waals surface area contributed by atoms with E-state index in [1.807, 2.05) is 6.20 Å². The minimum absolute atomic E-state index is 0.0674. The van der Waals surface area contributed by atoms with Crippen LogP contribution < -0.4 is 0 Å². The van der Waals surface area contributed by atoms with Crippen molar-refractivity contribution >= 4 is 29.7 Å². The Morgan fingerprint density at radius 1 is 1.41 bits per heavy atom. The molecule has 1 amide bonds. The Hall–Kier alpha value is -2.02. The van der Waals surface area contributed by atoms with E-state index in [4.69, 9.17) is 5.11 Å². The van der Waals surface area contributed by atoms with E-state index in [0.717, 1.165) is 37.3 Å². The van der Waals surface area contributed by atoms with Crippen LogP contribution in [0.25, 0.3) is 6.08 Å². The van der Waals surface area contributed by atoms with Gasteiger partial charge in [0.05, 0.1) is 11.3 Å². The molecule has 4 heterocycles. The van der Waals surface area contributed by atoms with Crippen molar-refractivity contribution in [2.24, 2.45) is 0 Å². The van der Waals surface area contributed by atoms with Crippen molar-refractivity contribution in [2.75, 3.05) is 0 Å². The van der Waals surface area contributed by atoms with Crippen molar-refractivity contribution in [3.63, 3.8) is 0 Å². The predicted molar refractivity (Wildman–Crippen MR) is 81.7 cm³/mol. The van der Waals surface area contributed by atoms with E-state index < -0.39 is 5.97 Å². The Labute approximate surface area is 131 Å². The summed E-state index contributed by atoms with van der Waals surface area (Å²) >= 11 is 1.36. The molecule has 22 heavy (non-hydrogen) atoms. The predicted octanol–water partition coefficient (Wildman–Crippen LogP) is 1.83. The van der Waals surface area contributed by atoms with Gasteiger partial charge in [0.15, 0.2) is 0 Å². The van der Waals surface area contributed by atoms with Crippen LogP contribution in [0.5, 0.6) is 0 Å². The van der Waals surface area contributed by atoms with Gasteiger partial charge in [0, 0.05) is 24.6 Å². The third-order valence-corrected chi connectivity index (χ3v) is 5.32. The zero-order valence-corrected chi connectivity index (χ0v) is 12.7. The van der Waals surface area contributed by atoms with Crippen LogP contribution in [0, 0.1) is 0 Å². The van der Waals surface area contributed by atoms with Crippen molar-refractivity contribution in [1.29, 1.82) is 0 Å². The first-order valence-corrected chi connectivity index (χ1v) is 8.29. The first kappa shape index (κ1) is 13.6.